The molecule has 0 atom stereocenters. The molecular formula is C21H26N2O5S. The average Bonchev–Trinajstić information content (AvgIpc) is 2.73. The van der Waals surface area contributed by atoms with Crippen LogP contribution in [0.25, 0.3) is 0 Å². The van der Waals surface area contributed by atoms with Crippen molar-refractivity contribution >= 4 is 21.6 Å². The third-order valence-electron chi connectivity index (χ3n) is 4.78. The average molecular weight is 419 g/mol. The third-order valence-corrected chi connectivity index (χ3v) is 6.32. The number of hydrogen-bond donors (Lipinski definition) is 2. The van der Waals surface area contributed by atoms with Crippen molar-refractivity contribution in [3.8, 4) is 11.5 Å². The standard InChI is InChI=1S/C21H26N2O5S/c1-27-19-9-5-8-17(14-19)22-21(24)15-28-18-10-12-20(13-11-18)29(25,26)23-16-6-3-2-4-7-16/h5,8-14,16,23H,2-4,6-7,15H2,1H3,(H,22,24). The summed E-state index contributed by atoms with van der Waals surface area (Å²) in [5.41, 5.74) is 0.605. The molecule has 1 aliphatic carbocycles. The van der Waals surface area contributed by atoms with Gasteiger partial charge in [-0.15, -0.1) is 0 Å². The first-order valence-corrected chi connectivity index (χ1v) is 11.1. The minimum Gasteiger partial charge on any atom is -0.497 e. The number of benzene rings is 2. The van der Waals surface area contributed by atoms with E-state index in [1.807, 2.05) is 0 Å². The Balaban J connectivity index is 1.52. The van der Waals surface area contributed by atoms with Gasteiger partial charge in [-0.2, -0.15) is 0 Å². The van der Waals surface area contributed by atoms with Crippen molar-refractivity contribution in [3.05, 3.63) is 48.5 Å². The molecule has 0 unspecified atom stereocenters. The van der Waals surface area contributed by atoms with E-state index in [0.717, 1.165) is 32.1 Å². The first kappa shape index (κ1) is 21.1. The van der Waals surface area contributed by atoms with E-state index in [4.69, 9.17) is 9.47 Å². The van der Waals surface area contributed by atoms with Crippen LogP contribution in [0.3, 0.4) is 0 Å². The van der Waals surface area contributed by atoms with Gasteiger partial charge in [-0.1, -0.05) is 25.3 Å². The zero-order chi connectivity index (χ0) is 20.7. The number of carbonyl (C=O) groups excluding carboxylic acids is 1. The zero-order valence-corrected chi connectivity index (χ0v) is 17.2. The number of methoxy groups -OCH3 is 1. The quantitative estimate of drug-likeness (QED) is 0.686. The van der Waals surface area contributed by atoms with Crippen LogP contribution in [0, 0.1) is 0 Å². The molecule has 1 fully saturated rings. The Labute approximate surface area is 171 Å². The molecule has 7 nitrogen and oxygen atoms in total. The topological polar surface area (TPSA) is 93.7 Å². The molecule has 2 aromatic carbocycles. The molecule has 0 saturated heterocycles. The largest absolute Gasteiger partial charge is 0.497 e. The Bertz CT molecular complexity index is 922. The second-order valence-corrected chi connectivity index (χ2v) is 8.71. The summed E-state index contributed by atoms with van der Waals surface area (Å²) in [5, 5.41) is 2.72. The van der Waals surface area contributed by atoms with Gasteiger partial charge in [0.05, 0.1) is 12.0 Å². The highest BCUT2D eigenvalue weighted by Gasteiger charge is 2.21. The number of nitrogens with one attached hydrogen (secondary N) is 2. The summed E-state index contributed by atoms with van der Waals surface area (Å²) in [6.07, 6.45) is 5.02. The molecule has 29 heavy (non-hydrogen) atoms. The summed E-state index contributed by atoms with van der Waals surface area (Å²) in [6, 6.07) is 13.1. The van der Waals surface area contributed by atoms with E-state index in [2.05, 4.69) is 10.0 Å². The van der Waals surface area contributed by atoms with Crippen LogP contribution in [-0.4, -0.2) is 34.1 Å². The van der Waals surface area contributed by atoms with Crippen molar-refractivity contribution in [2.24, 2.45) is 0 Å². The lowest BCUT2D eigenvalue weighted by Gasteiger charge is -2.22. The number of rotatable bonds is 8. The van der Waals surface area contributed by atoms with Gasteiger partial charge in [0.15, 0.2) is 6.61 Å². The Hall–Kier alpha value is -2.58. The molecular weight excluding hydrogens is 392 g/mol. The number of ether oxygens (including phenoxy) is 2. The minimum absolute atomic E-state index is 0.00461. The maximum atomic E-state index is 12.5. The summed E-state index contributed by atoms with van der Waals surface area (Å²) in [6.45, 7) is -0.191. The molecule has 1 amide bonds. The first-order valence-electron chi connectivity index (χ1n) is 9.65. The molecule has 0 spiro atoms. The van der Waals surface area contributed by atoms with Gasteiger partial charge in [0.25, 0.3) is 5.91 Å². The minimum atomic E-state index is -3.55. The van der Waals surface area contributed by atoms with E-state index in [1.54, 1.807) is 43.5 Å². The second-order valence-electron chi connectivity index (χ2n) is 7.00. The van der Waals surface area contributed by atoms with Crippen molar-refractivity contribution < 1.29 is 22.7 Å². The lowest BCUT2D eigenvalue weighted by molar-refractivity contribution is -0.118. The lowest BCUT2D eigenvalue weighted by atomic mass is 9.96. The number of hydrogen-bond acceptors (Lipinski definition) is 5. The Morgan fingerprint density at radius 3 is 2.45 bits per heavy atom. The van der Waals surface area contributed by atoms with Crippen LogP contribution in [0.4, 0.5) is 5.69 Å². The van der Waals surface area contributed by atoms with Crippen LogP contribution in [0.5, 0.6) is 11.5 Å². The molecule has 0 heterocycles. The molecule has 1 aliphatic rings. The second kappa shape index (κ2) is 9.76. The molecule has 0 aromatic heterocycles. The van der Waals surface area contributed by atoms with Crippen molar-refractivity contribution in [1.82, 2.24) is 4.72 Å². The lowest BCUT2D eigenvalue weighted by Crippen LogP contribution is -2.36. The predicted octanol–water partition coefficient (Wildman–Crippen LogP) is 3.32. The van der Waals surface area contributed by atoms with E-state index in [9.17, 15) is 13.2 Å². The van der Waals surface area contributed by atoms with E-state index < -0.39 is 10.0 Å². The van der Waals surface area contributed by atoms with Crippen LogP contribution >= 0.6 is 0 Å². The monoisotopic (exact) mass is 418 g/mol. The molecule has 0 bridgehead atoms. The summed E-state index contributed by atoms with van der Waals surface area (Å²) in [7, 11) is -2.00. The molecule has 1 saturated carbocycles. The number of amides is 1. The molecule has 2 N–H and O–H groups in total. The van der Waals surface area contributed by atoms with Gasteiger partial charge in [0.2, 0.25) is 10.0 Å². The van der Waals surface area contributed by atoms with Crippen LogP contribution in [0.15, 0.2) is 53.4 Å². The van der Waals surface area contributed by atoms with Crippen molar-refractivity contribution in [1.29, 1.82) is 0 Å². The Morgan fingerprint density at radius 2 is 1.76 bits per heavy atom. The van der Waals surface area contributed by atoms with E-state index >= 15 is 0 Å². The highest BCUT2D eigenvalue weighted by molar-refractivity contribution is 7.89. The Morgan fingerprint density at radius 1 is 1.03 bits per heavy atom. The third kappa shape index (κ3) is 6.20. The van der Waals surface area contributed by atoms with Crippen molar-refractivity contribution in [2.75, 3.05) is 19.0 Å². The maximum absolute atomic E-state index is 12.5. The fourth-order valence-electron chi connectivity index (χ4n) is 3.27. The highest BCUT2D eigenvalue weighted by Crippen LogP contribution is 2.21. The summed E-state index contributed by atoms with van der Waals surface area (Å²) >= 11 is 0. The zero-order valence-electron chi connectivity index (χ0n) is 16.4. The molecule has 0 radical (unpaired) electrons. The van der Waals surface area contributed by atoms with Gasteiger partial charge >= 0.3 is 0 Å². The summed E-state index contributed by atoms with van der Waals surface area (Å²) in [5.74, 6) is 0.735. The summed E-state index contributed by atoms with van der Waals surface area (Å²) < 4.78 is 38.4. The summed E-state index contributed by atoms with van der Waals surface area (Å²) in [4.78, 5) is 12.2. The van der Waals surface area contributed by atoms with Crippen LogP contribution in [0.2, 0.25) is 0 Å². The molecule has 3 rings (SSSR count). The fraction of sp³-hybridized carbons (Fsp3) is 0.381. The molecule has 8 heteroatoms. The molecule has 2 aromatic rings. The normalized spacial score (nSPS) is 14.9. The van der Waals surface area contributed by atoms with Gasteiger partial charge in [0.1, 0.15) is 11.5 Å². The van der Waals surface area contributed by atoms with Gasteiger partial charge in [-0.25, -0.2) is 13.1 Å². The predicted molar refractivity (Wildman–Crippen MR) is 111 cm³/mol. The van der Waals surface area contributed by atoms with Gasteiger partial charge in [-0.3, -0.25) is 4.79 Å². The van der Waals surface area contributed by atoms with E-state index in [-0.39, 0.29) is 23.5 Å². The van der Waals surface area contributed by atoms with E-state index in [1.165, 1.54) is 12.1 Å². The van der Waals surface area contributed by atoms with Crippen molar-refractivity contribution in [3.63, 3.8) is 0 Å². The number of carbonyl (C=O) groups is 1. The van der Waals surface area contributed by atoms with Crippen LogP contribution < -0.4 is 19.5 Å². The maximum Gasteiger partial charge on any atom is 0.262 e. The molecule has 0 aliphatic heterocycles. The van der Waals surface area contributed by atoms with Crippen LogP contribution in [0.1, 0.15) is 32.1 Å². The first-order chi connectivity index (χ1) is 14.0. The SMILES string of the molecule is COc1cccc(NC(=O)COc2ccc(S(=O)(=O)NC3CCCCC3)cc2)c1. The number of anilines is 1. The van der Waals surface area contributed by atoms with Crippen LogP contribution in [-0.2, 0) is 14.8 Å². The number of sulfonamides is 1. The fourth-order valence-corrected chi connectivity index (χ4v) is 4.57. The van der Waals surface area contributed by atoms with Gasteiger partial charge in [-0.05, 0) is 49.2 Å². The Kier molecular flexibility index (Phi) is 7.11. The van der Waals surface area contributed by atoms with Crippen molar-refractivity contribution in [2.45, 2.75) is 43.0 Å². The highest BCUT2D eigenvalue weighted by atomic mass is 32.2. The van der Waals surface area contributed by atoms with Gasteiger partial charge < -0.3 is 14.8 Å². The molecule has 156 valence electrons. The van der Waals surface area contributed by atoms with E-state index in [0.29, 0.717) is 17.2 Å². The smallest absolute Gasteiger partial charge is 0.262 e. The van der Waals surface area contributed by atoms with Gasteiger partial charge in [0, 0.05) is 17.8 Å².